The second kappa shape index (κ2) is 6.65. The molecular weight excluding hydrogens is 368 g/mol. The van der Waals surface area contributed by atoms with Crippen LogP contribution in [0.5, 0.6) is 0 Å². The number of aliphatic hydroxyl groups excluding tert-OH is 1. The molecular formula is C18H20N4O4S. The minimum absolute atomic E-state index is 0.0658. The molecule has 0 bridgehead atoms. The molecule has 1 saturated heterocycles. The number of aliphatic carboxylic acids is 1. The van der Waals surface area contributed by atoms with Crippen molar-refractivity contribution < 1.29 is 19.8 Å². The van der Waals surface area contributed by atoms with Gasteiger partial charge in [0, 0.05) is 41.6 Å². The van der Waals surface area contributed by atoms with Crippen LogP contribution in [0.25, 0.3) is 5.78 Å². The summed E-state index contributed by atoms with van der Waals surface area (Å²) >= 11 is 1.45. The molecule has 1 fully saturated rings. The molecule has 27 heavy (non-hydrogen) atoms. The Balaban J connectivity index is 1.50. The van der Waals surface area contributed by atoms with Gasteiger partial charge in [-0.05, 0) is 13.0 Å². The molecule has 4 heterocycles. The van der Waals surface area contributed by atoms with Gasteiger partial charge in [0.2, 0.25) is 11.7 Å². The number of carboxylic acids is 1. The minimum Gasteiger partial charge on any atom is -0.477 e. The van der Waals surface area contributed by atoms with Gasteiger partial charge in [0.1, 0.15) is 5.70 Å². The van der Waals surface area contributed by atoms with Gasteiger partial charge in [-0.1, -0.05) is 6.92 Å². The first-order valence-electron chi connectivity index (χ1n) is 8.80. The van der Waals surface area contributed by atoms with Crippen LogP contribution in [0.15, 0.2) is 35.3 Å². The van der Waals surface area contributed by atoms with Gasteiger partial charge in [0.15, 0.2) is 0 Å². The van der Waals surface area contributed by atoms with Gasteiger partial charge in [0.05, 0.1) is 23.8 Å². The summed E-state index contributed by atoms with van der Waals surface area (Å²) in [6, 6.07) is 1.56. The molecule has 2 aromatic heterocycles. The SMILES string of the molecule is CC(O)C1C(=O)N2C(C(=O)O)=C(SCCc3cn4cccnc4n3)[C@H](C)C12. The van der Waals surface area contributed by atoms with Crippen molar-refractivity contribution in [1.29, 1.82) is 0 Å². The van der Waals surface area contributed by atoms with Crippen molar-refractivity contribution >= 4 is 29.4 Å². The number of carboxylic acid groups (broad SMARTS) is 1. The average molecular weight is 388 g/mol. The number of imidazole rings is 1. The predicted octanol–water partition coefficient (Wildman–Crippen LogP) is 1.16. The van der Waals surface area contributed by atoms with E-state index >= 15 is 0 Å². The summed E-state index contributed by atoms with van der Waals surface area (Å²) in [5.74, 6) is -0.763. The Bertz CT molecular complexity index is 921. The number of amides is 1. The van der Waals surface area contributed by atoms with E-state index in [1.807, 2.05) is 29.8 Å². The highest BCUT2D eigenvalue weighted by atomic mass is 32.2. The van der Waals surface area contributed by atoms with Crippen molar-refractivity contribution in [3.63, 3.8) is 0 Å². The Morgan fingerprint density at radius 2 is 2.22 bits per heavy atom. The second-order valence-electron chi connectivity index (χ2n) is 6.93. The summed E-state index contributed by atoms with van der Waals surface area (Å²) in [6.45, 7) is 3.50. The number of β-lactam (4-membered cyclic amide) rings is 1. The van der Waals surface area contributed by atoms with Crippen molar-refractivity contribution in [2.45, 2.75) is 32.4 Å². The summed E-state index contributed by atoms with van der Waals surface area (Å²) in [4.78, 5) is 34.8. The molecule has 142 valence electrons. The summed E-state index contributed by atoms with van der Waals surface area (Å²) < 4.78 is 1.85. The zero-order valence-electron chi connectivity index (χ0n) is 14.9. The highest BCUT2D eigenvalue weighted by Crippen LogP contribution is 2.50. The number of carbonyl (C=O) groups excluding carboxylic acids is 1. The second-order valence-corrected chi connectivity index (χ2v) is 8.07. The third-order valence-electron chi connectivity index (χ3n) is 5.21. The number of aliphatic hydroxyl groups is 1. The topological polar surface area (TPSA) is 108 Å². The molecule has 1 amide bonds. The van der Waals surface area contributed by atoms with Crippen LogP contribution < -0.4 is 0 Å². The lowest BCUT2D eigenvalue weighted by Crippen LogP contribution is -2.63. The van der Waals surface area contributed by atoms with E-state index in [0.717, 1.165) is 5.69 Å². The number of aromatic nitrogens is 3. The summed E-state index contributed by atoms with van der Waals surface area (Å²) in [5.41, 5.74) is 0.946. The average Bonchev–Trinajstić information content (AvgIpc) is 3.12. The molecule has 2 N–H and O–H groups in total. The van der Waals surface area contributed by atoms with Crippen LogP contribution in [-0.4, -0.2) is 59.3 Å². The molecule has 4 atom stereocenters. The van der Waals surface area contributed by atoms with E-state index in [0.29, 0.717) is 22.9 Å². The van der Waals surface area contributed by atoms with Crippen molar-refractivity contribution in [1.82, 2.24) is 19.3 Å². The van der Waals surface area contributed by atoms with Gasteiger partial charge in [-0.2, -0.15) is 0 Å². The largest absolute Gasteiger partial charge is 0.477 e. The first-order chi connectivity index (χ1) is 12.9. The van der Waals surface area contributed by atoms with E-state index in [1.54, 1.807) is 13.1 Å². The van der Waals surface area contributed by atoms with Crippen LogP contribution in [0, 0.1) is 11.8 Å². The standard InChI is InChI=1S/C18H20N4O4S/c1-9-13-12(10(2)23)16(24)22(13)14(17(25)26)15(9)27-7-4-11-8-21-6-3-5-19-18(21)20-11/h3,5-6,8-10,12-13,23H,4,7H2,1-2H3,(H,25,26)/t9-,10?,12?,13?/m1/s1. The Hall–Kier alpha value is -2.39. The minimum atomic E-state index is -1.10. The number of carbonyl (C=O) groups is 2. The van der Waals surface area contributed by atoms with Crippen LogP contribution in [-0.2, 0) is 16.0 Å². The van der Waals surface area contributed by atoms with Crippen molar-refractivity contribution in [3.05, 3.63) is 41.0 Å². The van der Waals surface area contributed by atoms with E-state index < -0.39 is 18.0 Å². The third-order valence-corrected chi connectivity index (χ3v) is 6.50. The highest BCUT2D eigenvalue weighted by molar-refractivity contribution is 8.03. The quantitative estimate of drug-likeness (QED) is 0.715. The molecule has 0 aliphatic carbocycles. The number of hydrogen-bond acceptors (Lipinski definition) is 6. The Kier molecular flexibility index (Phi) is 4.43. The third kappa shape index (κ3) is 2.81. The van der Waals surface area contributed by atoms with Crippen LogP contribution in [0.3, 0.4) is 0 Å². The van der Waals surface area contributed by atoms with E-state index in [2.05, 4.69) is 9.97 Å². The van der Waals surface area contributed by atoms with Crippen molar-refractivity contribution in [3.8, 4) is 0 Å². The summed E-state index contributed by atoms with van der Waals surface area (Å²) in [5, 5.41) is 19.5. The maximum absolute atomic E-state index is 12.3. The Morgan fingerprint density at radius 3 is 2.89 bits per heavy atom. The normalized spacial score (nSPS) is 25.7. The van der Waals surface area contributed by atoms with Crippen LogP contribution in [0.4, 0.5) is 0 Å². The zero-order chi connectivity index (χ0) is 19.3. The lowest BCUT2D eigenvalue weighted by molar-refractivity contribution is -0.163. The molecule has 2 aliphatic heterocycles. The fourth-order valence-electron chi connectivity index (χ4n) is 3.98. The molecule has 0 saturated carbocycles. The van der Waals surface area contributed by atoms with Gasteiger partial charge in [-0.25, -0.2) is 14.8 Å². The molecule has 0 spiro atoms. The smallest absolute Gasteiger partial charge is 0.353 e. The van der Waals surface area contributed by atoms with Gasteiger partial charge < -0.3 is 15.1 Å². The molecule has 4 rings (SSSR count). The first kappa shape index (κ1) is 18.0. The lowest BCUT2D eigenvalue weighted by Gasteiger charge is -2.46. The number of nitrogens with zero attached hydrogens (tertiary/aromatic N) is 4. The maximum atomic E-state index is 12.3. The Labute approximate surface area is 159 Å². The molecule has 9 heteroatoms. The Morgan fingerprint density at radius 1 is 1.44 bits per heavy atom. The van der Waals surface area contributed by atoms with E-state index in [1.165, 1.54) is 16.7 Å². The maximum Gasteiger partial charge on any atom is 0.353 e. The number of hydrogen-bond donors (Lipinski definition) is 2. The van der Waals surface area contributed by atoms with Crippen LogP contribution in [0.1, 0.15) is 19.5 Å². The van der Waals surface area contributed by atoms with Gasteiger partial charge in [0.25, 0.3) is 0 Å². The number of fused-ring (bicyclic) bond motifs is 2. The number of rotatable bonds is 6. The molecule has 2 aliphatic rings. The zero-order valence-corrected chi connectivity index (χ0v) is 15.8. The molecule has 0 aromatic carbocycles. The monoisotopic (exact) mass is 388 g/mol. The van der Waals surface area contributed by atoms with E-state index in [9.17, 15) is 19.8 Å². The molecule has 3 unspecified atom stereocenters. The lowest BCUT2D eigenvalue weighted by atomic mass is 9.79. The van der Waals surface area contributed by atoms with Crippen molar-refractivity contribution in [2.24, 2.45) is 11.8 Å². The highest BCUT2D eigenvalue weighted by Gasteiger charge is 2.59. The summed E-state index contributed by atoms with van der Waals surface area (Å²) in [6.07, 6.45) is 5.35. The molecule has 2 aromatic rings. The van der Waals surface area contributed by atoms with Gasteiger partial charge in [-0.3, -0.25) is 9.20 Å². The first-order valence-corrected chi connectivity index (χ1v) is 9.78. The molecule has 0 radical (unpaired) electrons. The van der Waals surface area contributed by atoms with Crippen LogP contribution >= 0.6 is 11.8 Å². The van der Waals surface area contributed by atoms with E-state index in [-0.39, 0.29) is 23.6 Å². The van der Waals surface area contributed by atoms with Crippen molar-refractivity contribution in [2.75, 3.05) is 5.75 Å². The predicted molar refractivity (Wildman–Crippen MR) is 98.8 cm³/mol. The van der Waals surface area contributed by atoms with Gasteiger partial charge in [-0.15, -0.1) is 11.8 Å². The molecule has 8 nitrogen and oxygen atoms in total. The fourth-order valence-corrected chi connectivity index (χ4v) is 5.24. The fraction of sp³-hybridized carbons (Fsp3) is 0.444. The van der Waals surface area contributed by atoms with Gasteiger partial charge >= 0.3 is 5.97 Å². The van der Waals surface area contributed by atoms with Crippen LogP contribution in [0.2, 0.25) is 0 Å². The summed E-state index contributed by atoms with van der Waals surface area (Å²) in [7, 11) is 0. The number of thioether (sulfide) groups is 1. The number of aryl methyl sites for hydroxylation is 1. The van der Waals surface area contributed by atoms with E-state index in [4.69, 9.17) is 0 Å².